The number of amides is 2. The van der Waals surface area contributed by atoms with E-state index in [1.165, 1.54) is 0 Å². The van der Waals surface area contributed by atoms with Crippen molar-refractivity contribution in [1.29, 1.82) is 0 Å². The van der Waals surface area contributed by atoms with Crippen LogP contribution in [0.1, 0.15) is 53.4 Å². The van der Waals surface area contributed by atoms with Crippen LogP contribution in [0.25, 0.3) is 0 Å². The first-order valence-corrected chi connectivity index (χ1v) is 7.10. The van der Waals surface area contributed by atoms with E-state index in [0.29, 0.717) is 12.3 Å². The molecule has 4 heteroatoms. The van der Waals surface area contributed by atoms with Crippen LogP contribution >= 0.6 is 0 Å². The van der Waals surface area contributed by atoms with E-state index in [1.54, 1.807) is 0 Å². The average Bonchev–Trinajstić information content (AvgIpc) is 3.17. The number of rotatable bonds is 4. The van der Waals surface area contributed by atoms with Crippen LogP contribution in [0.4, 0.5) is 0 Å². The summed E-state index contributed by atoms with van der Waals surface area (Å²) in [7, 11) is 0. The molecule has 0 spiro atoms. The molecule has 1 aliphatic carbocycles. The molecular weight excluding hydrogens is 228 g/mol. The highest BCUT2D eigenvalue weighted by Gasteiger charge is 2.57. The van der Waals surface area contributed by atoms with Gasteiger partial charge < -0.3 is 10.2 Å². The Morgan fingerprint density at radius 1 is 1.39 bits per heavy atom. The summed E-state index contributed by atoms with van der Waals surface area (Å²) >= 11 is 0. The van der Waals surface area contributed by atoms with Crippen LogP contribution in [-0.2, 0) is 9.59 Å². The van der Waals surface area contributed by atoms with Crippen molar-refractivity contribution in [2.45, 2.75) is 71.0 Å². The number of carbonyl (C=O) groups excluding carboxylic acids is 2. The van der Waals surface area contributed by atoms with E-state index in [1.807, 2.05) is 25.7 Å². The van der Waals surface area contributed by atoms with Gasteiger partial charge in [-0.1, -0.05) is 13.8 Å². The first-order chi connectivity index (χ1) is 8.46. The second-order valence-electron chi connectivity index (χ2n) is 5.82. The zero-order valence-electron chi connectivity index (χ0n) is 11.8. The highest BCUT2D eigenvalue weighted by molar-refractivity contribution is 6.00. The number of nitrogens with zero attached hydrogens (tertiary/aromatic N) is 1. The minimum Gasteiger partial charge on any atom is -0.342 e. The van der Waals surface area contributed by atoms with Gasteiger partial charge in [-0.15, -0.1) is 0 Å². The molecule has 3 unspecified atom stereocenters. The minimum absolute atomic E-state index is 0.0387. The van der Waals surface area contributed by atoms with Crippen molar-refractivity contribution in [2.24, 2.45) is 5.92 Å². The van der Waals surface area contributed by atoms with Crippen molar-refractivity contribution in [1.82, 2.24) is 10.2 Å². The first kappa shape index (κ1) is 13.4. The van der Waals surface area contributed by atoms with Gasteiger partial charge in [0.2, 0.25) is 11.8 Å². The monoisotopic (exact) mass is 252 g/mol. The highest BCUT2D eigenvalue weighted by Crippen LogP contribution is 2.45. The Bertz CT molecular complexity index is 365. The predicted octanol–water partition coefficient (Wildman–Crippen LogP) is 1.69. The second-order valence-corrected chi connectivity index (χ2v) is 5.82. The van der Waals surface area contributed by atoms with E-state index in [0.717, 1.165) is 19.3 Å². The normalized spacial score (nSPS) is 34.4. The number of hydrogen-bond donors (Lipinski definition) is 1. The second kappa shape index (κ2) is 4.56. The zero-order chi connectivity index (χ0) is 13.5. The van der Waals surface area contributed by atoms with Crippen molar-refractivity contribution in [2.75, 3.05) is 0 Å². The molecule has 0 aromatic heterocycles. The lowest BCUT2D eigenvalue weighted by molar-refractivity contribution is -0.161. The van der Waals surface area contributed by atoms with Gasteiger partial charge in [0.25, 0.3) is 0 Å². The Morgan fingerprint density at radius 2 is 2.00 bits per heavy atom. The largest absolute Gasteiger partial charge is 0.342 e. The summed E-state index contributed by atoms with van der Waals surface area (Å²) in [5.74, 6) is 0.478. The van der Waals surface area contributed by atoms with Crippen LogP contribution in [0.2, 0.25) is 0 Å². The van der Waals surface area contributed by atoms with E-state index in [-0.39, 0.29) is 23.9 Å². The Balaban J connectivity index is 2.37. The van der Waals surface area contributed by atoms with Gasteiger partial charge in [-0.05, 0) is 45.4 Å². The van der Waals surface area contributed by atoms with E-state index in [4.69, 9.17) is 0 Å². The number of piperazine rings is 1. The Kier molecular flexibility index (Phi) is 3.39. The summed E-state index contributed by atoms with van der Waals surface area (Å²) in [6.07, 6.45) is 3.66. The maximum atomic E-state index is 12.6. The van der Waals surface area contributed by atoms with Crippen LogP contribution in [0, 0.1) is 5.92 Å². The number of nitrogens with one attached hydrogen (secondary N) is 1. The molecule has 2 aliphatic rings. The third-order valence-corrected chi connectivity index (χ3v) is 4.61. The fourth-order valence-electron chi connectivity index (χ4n) is 3.03. The molecule has 1 heterocycles. The maximum absolute atomic E-state index is 12.6. The quantitative estimate of drug-likeness (QED) is 0.827. The molecule has 0 aromatic carbocycles. The summed E-state index contributed by atoms with van der Waals surface area (Å²) in [5, 5.41) is 2.91. The van der Waals surface area contributed by atoms with Gasteiger partial charge in [0.1, 0.15) is 11.6 Å². The van der Waals surface area contributed by atoms with Crippen molar-refractivity contribution >= 4 is 11.8 Å². The average molecular weight is 252 g/mol. The van der Waals surface area contributed by atoms with Gasteiger partial charge in [-0.3, -0.25) is 9.59 Å². The predicted molar refractivity (Wildman–Crippen MR) is 69.9 cm³/mol. The van der Waals surface area contributed by atoms with Crippen LogP contribution < -0.4 is 5.32 Å². The van der Waals surface area contributed by atoms with Crippen molar-refractivity contribution in [3.05, 3.63) is 0 Å². The highest BCUT2D eigenvalue weighted by atomic mass is 16.2. The van der Waals surface area contributed by atoms with Gasteiger partial charge in [0, 0.05) is 6.04 Å². The number of carbonyl (C=O) groups is 2. The van der Waals surface area contributed by atoms with Crippen molar-refractivity contribution in [3.8, 4) is 0 Å². The molecule has 1 N–H and O–H groups in total. The lowest BCUT2D eigenvalue weighted by Gasteiger charge is -2.49. The molecule has 102 valence electrons. The summed E-state index contributed by atoms with van der Waals surface area (Å²) in [6, 6.07) is -0.207. The molecule has 1 aliphatic heterocycles. The Labute approximate surface area is 109 Å². The lowest BCUT2D eigenvalue weighted by Crippen LogP contribution is -2.72. The summed E-state index contributed by atoms with van der Waals surface area (Å²) in [4.78, 5) is 26.9. The Morgan fingerprint density at radius 3 is 2.44 bits per heavy atom. The molecule has 4 nitrogen and oxygen atoms in total. The van der Waals surface area contributed by atoms with Crippen molar-refractivity contribution < 1.29 is 9.59 Å². The molecule has 2 fully saturated rings. The molecule has 18 heavy (non-hydrogen) atoms. The first-order valence-electron chi connectivity index (χ1n) is 7.10. The van der Waals surface area contributed by atoms with E-state index in [2.05, 4.69) is 12.2 Å². The van der Waals surface area contributed by atoms with Crippen LogP contribution in [-0.4, -0.2) is 34.3 Å². The van der Waals surface area contributed by atoms with Crippen molar-refractivity contribution in [3.63, 3.8) is 0 Å². The number of hydrogen-bond acceptors (Lipinski definition) is 2. The van der Waals surface area contributed by atoms with Crippen LogP contribution in [0.5, 0.6) is 0 Å². The zero-order valence-corrected chi connectivity index (χ0v) is 11.8. The molecule has 0 aromatic rings. The molecule has 2 amide bonds. The van der Waals surface area contributed by atoms with Gasteiger partial charge in [-0.25, -0.2) is 0 Å². The van der Waals surface area contributed by atoms with E-state index in [9.17, 15) is 9.59 Å². The molecule has 0 bridgehead atoms. The smallest absolute Gasteiger partial charge is 0.246 e. The Hall–Kier alpha value is -1.06. The van der Waals surface area contributed by atoms with Gasteiger partial charge in [0.15, 0.2) is 0 Å². The van der Waals surface area contributed by atoms with E-state index < -0.39 is 5.54 Å². The van der Waals surface area contributed by atoms with Gasteiger partial charge >= 0.3 is 0 Å². The lowest BCUT2D eigenvalue weighted by atomic mass is 9.86. The van der Waals surface area contributed by atoms with Gasteiger partial charge in [0.05, 0.1) is 0 Å². The SMILES string of the molecule is CCC1NC(=O)C(C)(C2CC2)N(C(C)CC)C1=O. The van der Waals surface area contributed by atoms with Crippen LogP contribution in [0.15, 0.2) is 0 Å². The third-order valence-electron chi connectivity index (χ3n) is 4.61. The molecule has 2 rings (SSSR count). The summed E-state index contributed by atoms with van der Waals surface area (Å²) in [6.45, 7) is 8.00. The fourth-order valence-corrected chi connectivity index (χ4v) is 3.03. The molecule has 3 atom stereocenters. The fraction of sp³-hybridized carbons (Fsp3) is 0.857. The standard InChI is InChI=1S/C14H24N2O2/c1-5-9(3)16-12(17)11(6-2)15-13(18)14(16,4)10-7-8-10/h9-11H,5-8H2,1-4H3,(H,15,18). The summed E-state index contributed by atoms with van der Waals surface area (Å²) < 4.78 is 0. The summed E-state index contributed by atoms with van der Waals surface area (Å²) in [5.41, 5.74) is -0.627. The van der Waals surface area contributed by atoms with Gasteiger partial charge in [-0.2, -0.15) is 0 Å². The molecular formula is C14H24N2O2. The third kappa shape index (κ3) is 1.82. The van der Waals surface area contributed by atoms with Crippen LogP contribution in [0.3, 0.4) is 0 Å². The minimum atomic E-state index is -0.627. The topological polar surface area (TPSA) is 49.4 Å². The molecule has 1 saturated heterocycles. The molecule has 1 saturated carbocycles. The van der Waals surface area contributed by atoms with E-state index >= 15 is 0 Å². The molecule has 0 radical (unpaired) electrons. The maximum Gasteiger partial charge on any atom is 0.246 e.